The highest BCUT2D eigenvalue weighted by Gasteiger charge is 2.30. The minimum absolute atomic E-state index is 0.0169. The highest BCUT2D eigenvalue weighted by atomic mass is 19.1. The van der Waals surface area contributed by atoms with E-state index in [4.69, 9.17) is 0 Å². The van der Waals surface area contributed by atoms with Gasteiger partial charge in [-0.1, -0.05) is 42.8 Å². The van der Waals surface area contributed by atoms with Crippen LogP contribution in [-0.4, -0.2) is 84.3 Å². The number of nitrogens with zero attached hydrogens (tertiary/aromatic N) is 6. The molecule has 3 aliphatic heterocycles. The third-order valence-corrected chi connectivity index (χ3v) is 8.30. The Labute approximate surface area is 217 Å². The summed E-state index contributed by atoms with van der Waals surface area (Å²) in [5, 5.41) is 10.9. The van der Waals surface area contributed by atoms with Crippen LogP contribution < -0.4 is 9.80 Å². The molecule has 37 heavy (non-hydrogen) atoms. The Morgan fingerprint density at radius 1 is 0.730 bits per heavy atom. The summed E-state index contributed by atoms with van der Waals surface area (Å²) in [6, 6.07) is 15.5. The average Bonchev–Trinajstić information content (AvgIpc) is 2.97. The van der Waals surface area contributed by atoms with Gasteiger partial charge in [-0.05, 0) is 50.9 Å². The van der Waals surface area contributed by atoms with Crippen molar-refractivity contribution in [2.75, 3.05) is 62.2 Å². The standard InChI is InChI=1S/C29H35FN6O/c30-25-10-4-5-11-26(25)34-18-20-35(21-19-34)28-24-9-3-2-8-23(24)27(31-32-28)29(37)36-16-12-22(13-17-36)33-14-6-1-7-15-33/h2-5,8-11,22H,1,6-7,12-21H2. The van der Waals surface area contributed by atoms with Gasteiger partial charge in [-0.15, -0.1) is 10.2 Å². The SMILES string of the molecule is O=C(c1nnc(N2CCN(c3ccccc3F)CC2)c2ccccc12)N1CCC(N2CCCCC2)CC1. The second kappa shape index (κ2) is 10.6. The largest absolute Gasteiger partial charge is 0.366 e. The van der Waals surface area contributed by atoms with Crippen LogP contribution in [0.25, 0.3) is 10.8 Å². The number of hydrogen-bond donors (Lipinski definition) is 0. The molecule has 0 bridgehead atoms. The van der Waals surface area contributed by atoms with Crippen molar-refractivity contribution in [2.24, 2.45) is 0 Å². The van der Waals surface area contributed by atoms with Crippen molar-refractivity contribution in [3.63, 3.8) is 0 Å². The maximum absolute atomic E-state index is 14.3. The van der Waals surface area contributed by atoms with Crippen LogP contribution in [0.5, 0.6) is 0 Å². The number of rotatable bonds is 4. The first-order chi connectivity index (χ1) is 18.2. The fraction of sp³-hybridized carbons (Fsp3) is 0.483. The van der Waals surface area contributed by atoms with Gasteiger partial charge >= 0.3 is 0 Å². The minimum atomic E-state index is -0.191. The zero-order valence-corrected chi connectivity index (χ0v) is 21.4. The van der Waals surface area contributed by atoms with Crippen molar-refractivity contribution < 1.29 is 9.18 Å². The van der Waals surface area contributed by atoms with Crippen molar-refractivity contribution in [3.8, 4) is 0 Å². The van der Waals surface area contributed by atoms with Gasteiger partial charge in [0.25, 0.3) is 5.91 Å². The summed E-state index contributed by atoms with van der Waals surface area (Å²) in [5.41, 5.74) is 1.09. The number of carbonyl (C=O) groups excluding carboxylic acids is 1. The number of likely N-dealkylation sites (tertiary alicyclic amines) is 2. The predicted molar refractivity (Wildman–Crippen MR) is 145 cm³/mol. The van der Waals surface area contributed by atoms with Crippen LogP contribution in [0.15, 0.2) is 48.5 Å². The number of fused-ring (bicyclic) bond motifs is 1. The molecule has 0 aliphatic carbocycles. The van der Waals surface area contributed by atoms with Crippen LogP contribution in [0, 0.1) is 5.82 Å². The van der Waals surface area contributed by atoms with Gasteiger partial charge in [-0.25, -0.2) is 4.39 Å². The third kappa shape index (κ3) is 4.87. The van der Waals surface area contributed by atoms with Crippen LogP contribution in [0.3, 0.4) is 0 Å². The van der Waals surface area contributed by atoms with Crippen LogP contribution >= 0.6 is 0 Å². The molecule has 8 heteroatoms. The summed E-state index contributed by atoms with van der Waals surface area (Å²) in [6.07, 6.45) is 6.00. The lowest BCUT2D eigenvalue weighted by molar-refractivity contribution is 0.0586. The molecule has 0 N–H and O–H groups in total. The number of halogens is 1. The van der Waals surface area contributed by atoms with Crippen molar-refractivity contribution in [1.29, 1.82) is 0 Å². The molecule has 0 radical (unpaired) electrons. The topological polar surface area (TPSA) is 55.8 Å². The van der Waals surface area contributed by atoms with E-state index in [9.17, 15) is 9.18 Å². The molecule has 3 aliphatic rings. The molecule has 194 valence electrons. The summed E-state index contributed by atoms with van der Waals surface area (Å²) in [7, 11) is 0. The summed E-state index contributed by atoms with van der Waals surface area (Å²) < 4.78 is 14.3. The Hall–Kier alpha value is -3.26. The molecule has 0 atom stereocenters. The number of amides is 1. The van der Waals surface area contributed by atoms with E-state index in [0.29, 0.717) is 43.6 Å². The maximum atomic E-state index is 14.3. The summed E-state index contributed by atoms with van der Waals surface area (Å²) >= 11 is 0. The second-order valence-electron chi connectivity index (χ2n) is 10.5. The molecule has 3 saturated heterocycles. The van der Waals surface area contributed by atoms with E-state index in [1.165, 1.54) is 38.4 Å². The molecule has 3 aromatic rings. The van der Waals surface area contributed by atoms with Crippen LogP contribution in [-0.2, 0) is 0 Å². The molecule has 0 unspecified atom stereocenters. The van der Waals surface area contributed by atoms with Crippen LogP contribution in [0.4, 0.5) is 15.9 Å². The number of carbonyl (C=O) groups is 1. The lowest BCUT2D eigenvalue weighted by Crippen LogP contribution is -2.48. The first-order valence-corrected chi connectivity index (χ1v) is 13.7. The van der Waals surface area contributed by atoms with E-state index in [0.717, 1.165) is 42.5 Å². The van der Waals surface area contributed by atoms with Gasteiger partial charge in [-0.3, -0.25) is 4.79 Å². The number of piperazine rings is 1. The number of aromatic nitrogens is 2. The summed E-state index contributed by atoms with van der Waals surface area (Å²) in [5.74, 6) is 0.588. The van der Waals surface area contributed by atoms with Gasteiger partial charge in [0.1, 0.15) is 5.82 Å². The molecule has 1 amide bonds. The molecule has 3 fully saturated rings. The fourth-order valence-corrected chi connectivity index (χ4v) is 6.22. The van der Waals surface area contributed by atoms with Crippen molar-refractivity contribution in [3.05, 3.63) is 60.0 Å². The smallest absolute Gasteiger partial charge is 0.275 e. The molecule has 6 rings (SSSR count). The Kier molecular flexibility index (Phi) is 6.91. The van der Waals surface area contributed by atoms with Crippen molar-refractivity contribution in [1.82, 2.24) is 20.0 Å². The van der Waals surface area contributed by atoms with Crippen LogP contribution in [0.1, 0.15) is 42.6 Å². The fourth-order valence-electron chi connectivity index (χ4n) is 6.22. The van der Waals surface area contributed by atoms with E-state index in [-0.39, 0.29) is 11.7 Å². The Bertz CT molecular complexity index is 1250. The van der Waals surface area contributed by atoms with E-state index in [2.05, 4.69) is 24.9 Å². The van der Waals surface area contributed by atoms with Crippen molar-refractivity contribution in [2.45, 2.75) is 38.1 Å². The minimum Gasteiger partial charge on any atom is -0.366 e. The maximum Gasteiger partial charge on any atom is 0.275 e. The van der Waals surface area contributed by atoms with Gasteiger partial charge in [0.05, 0.1) is 5.69 Å². The lowest BCUT2D eigenvalue weighted by atomic mass is 9.99. The van der Waals surface area contributed by atoms with E-state index < -0.39 is 0 Å². The number of hydrogen-bond acceptors (Lipinski definition) is 6. The first kappa shape index (κ1) is 24.1. The van der Waals surface area contributed by atoms with Crippen molar-refractivity contribution >= 4 is 28.2 Å². The molecule has 4 heterocycles. The zero-order chi connectivity index (χ0) is 25.2. The summed E-state index contributed by atoms with van der Waals surface area (Å²) in [4.78, 5) is 22.4. The zero-order valence-electron chi connectivity index (χ0n) is 21.4. The molecule has 7 nitrogen and oxygen atoms in total. The number of benzene rings is 2. The predicted octanol–water partition coefficient (Wildman–Crippen LogP) is 4.19. The normalized spacial score (nSPS) is 20.0. The molecular formula is C29H35FN6O. The number of piperidine rings is 2. The third-order valence-electron chi connectivity index (χ3n) is 8.30. The molecule has 0 spiro atoms. The van der Waals surface area contributed by atoms with Gasteiger partial charge in [-0.2, -0.15) is 0 Å². The monoisotopic (exact) mass is 502 g/mol. The number of para-hydroxylation sites is 1. The molecule has 1 aromatic heterocycles. The Balaban J connectivity index is 1.17. The summed E-state index contributed by atoms with van der Waals surface area (Å²) in [6.45, 7) is 6.77. The van der Waals surface area contributed by atoms with Gasteiger partial charge in [0.2, 0.25) is 0 Å². The Morgan fingerprint density at radius 2 is 1.38 bits per heavy atom. The Morgan fingerprint density at radius 3 is 2.11 bits per heavy atom. The second-order valence-corrected chi connectivity index (χ2v) is 10.5. The highest BCUT2D eigenvalue weighted by Crippen LogP contribution is 2.29. The quantitative estimate of drug-likeness (QED) is 0.534. The highest BCUT2D eigenvalue weighted by molar-refractivity contribution is 6.07. The van der Waals surface area contributed by atoms with Gasteiger partial charge < -0.3 is 19.6 Å². The van der Waals surface area contributed by atoms with E-state index in [1.54, 1.807) is 6.07 Å². The van der Waals surface area contributed by atoms with E-state index in [1.807, 2.05) is 41.3 Å². The molecule has 2 aromatic carbocycles. The average molecular weight is 503 g/mol. The first-order valence-electron chi connectivity index (χ1n) is 13.7. The lowest BCUT2D eigenvalue weighted by Gasteiger charge is -2.40. The van der Waals surface area contributed by atoms with E-state index >= 15 is 0 Å². The molecule has 0 saturated carbocycles. The van der Waals surface area contributed by atoms with Gasteiger partial charge in [0.15, 0.2) is 11.5 Å². The molecular weight excluding hydrogens is 467 g/mol. The van der Waals surface area contributed by atoms with Gasteiger partial charge in [0, 0.05) is 56.1 Å². The number of anilines is 2. The van der Waals surface area contributed by atoms with Crippen LogP contribution in [0.2, 0.25) is 0 Å².